The number of aromatic hydroxyl groups is 1. The molecule has 0 saturated heterocycles. The van der Waals surface area contributed by atoms with Crippen LogP contribution in [-0.2, 0) is 6.61 Å². The van der Waals surface area contributed by atoms with Crippen molar-refractivity contribution in [1.29, 1.82) is 0 Å². The summed E-state index contributed by atoms with van der Waals surface area (Å²) in [6, 6.07) is 27.9. The van der Waals surface area contributed by atoms with E-state index in [1.165, 1.54) is 23.8 Å². The highest BCUT2D eigenvalue weighted by molar-refractivity contribution is 5.91. The van der Waals surface area contributed by atoms with E-state index in [9.17, 15) is 9.90 Å². The van der Waals surface area contributed by atoms with Crippen molar-refractivity contribution in [2.24, 2.45) is 0 Å². The van der Waals surface area contributed by atoms with E-state index in [2.05, 4.69) is 0 Å². The highest BCUT2D eigenvalue weighted by atomic mass is 16.5. The molecule has 2 N–H and O–H groups in total. The average molecular weight is 426 g/mol. The summed E-state index contributed by atoms with van der Waals surface area (Å²) in [4.78, 5) is 11.2. The standard InChI is InChI=1S/C27H22O5/c1-18-8-10-22(11-9-18)32-24-7-3-6-21(15-24)20-5-2-4-19(14-20)17-31-23-12-13-26(28)25(16-23)27(29)30/h2-16,28H,17H2,1H3,(H,29,30). The van der Waals surface area contributed by atoms with Gasteiger partial charge >= 0.3 is 5.97 Å². The van der Waals surface area contributed by atoms with Gasteiger partial charge in [-0.1, -0.05) is 48.0 Å². The summed E-state index contributed by atoms with van der Waals surface area (Å²) in [5.41, 5.74) is 3.93. The highest BCUT2D eigenvalue weighted by Crippen LogP contribution is 2.29. The zero-order valence-electron chi connectivity index (χ0n) is 17.5. The summed E-state index contributed by atoms with van der Waals surface area (Å²) in [7, 11) is 0. The second-order valence-electron chi connectivity index (χ2n) is 7.42. The third-order valence-corrected chi connectivity index (χ3v) is 4.95. The van der Waals surface area contributed by atoms with Crippen molar-refractivity contribution in [3.8, 4) is 34.1 Å². The van der Waals surface area contributed by atoms with Gasteiger partial charge < -0.3 is 19.7 Å². The molecule has 0 atom stereocenters. The normalized spacial score (nSPS) is 10.5. The second kappa shape index (κ2) is 9.27. The lowest BCUT2D eigenvalue weighted by Gasteiger charge is -2.11. The molecule has 4 rings (SSSR count). The van der Waals surface area contributed by atoms with Gasteiger partial charge in [-0.15, -0.1) is 0 Å². The quantitative estimate of drug-likeness (QED) is 0.356. The molecule has 0 aliphatic heterocycles. The number of aryl methyl sites for hydroxylation is 1. The van der Waals surface area contributed by atoms with Crippen molar-refractivity contribution in [3.05, 3.63) is 108 Å². The summed E-state index contributed by atoms with van der Waals surface area (Å²) >= 11 is 0. The fourth-order valence-electron chi connectivity index (χ4n) is 3.27. The lowest BCUT2D eigenvalue weighted by molar-refractivity contribution is 0.0693. The number of aromatic carboxylic acids is 1. The highest BCUT2D eigenvalue weighted by Gasteiger charge is 2.11. The molecular weight excluding hydrogens is 404 g/mol. The van der Waals surface area contributed by atoms with Gasteiger partial charge in [0.25, 0.3) is 0 Å². The largest absolute Gasteiger partial charge is 0.507 e. The molecule has 32 heavy (non-hydrogen) atoms. The fourth-order valence-corrected chi connectivity index (χ4v) is 3.27. The van der Waals surface area contributed by atoms with E-state index in [0.29, 0.717) is 5.75 Å². The number of carboxylic acids is 1. The molecule has 4 aromatic rings. The van der Waals surface area contributed by atoms with E-state index < -0.39 is 5.97 Å². The van der Waals surface area contributed by atoms with Crippen molar-refractivity contribution in [2.45, 2.75) is 13.5 Å². The lowest BCUT2D eigenvalue weighted by Crippen LogP contribution is -2.00. The fraction of sp³-hybridized carbons (Fsp3) is 0.0741. The average Bonchev–Trinajstić information content (AvgIpc) is 2.80. The minimum Gasteiger partial charge on any atom is -0.507 e. The van der Waals surface area contributed by atoms with Crippen LogP contribution >= 0.6 is 0 Å². The van der Waals surface area contributed by atoms with Crippen LogP contribution in [0.25, 0.3) is 11.1 Å². The number of phenols is 1. The third kappa shape index (κ3) is 5.08. The van der Waals surface area contributed by atoms with Crippen molar-refractivity contribution in [3.63, 3.8) is 0 Å². The van der Waals surface area contributed by atoms with Crippen LogP contribution in [0.5, 0.6) is 23.0 Å². The molecular formula is C27H22O5. The summed E-state index contributed by atoms with van der Waals surface area (Å²) in [5.74, 6) is 0.407. The number of benzene rings is 4. The van der Waals surface area contributed by atoms with Gasteiger partial charge in [-0.2, -0.15) is 0 Å². The summed E-state index contributed by atoms with van der Waals surface area (Å²) < 4.78 is 11.7. The molecule has 0 aliphatic rings. The zero-order chi connectivity index (χ0) is 22.5. The Morgan fingerprint density at radius 3 is 2.22 bits per heavy atom. The Labute approximate surface area is 186 Å². The molecule has 160 valence electrons. The van der Waals surface area contributed by atoms with Crippen LogP contribution in [0.1, 0.15) is 21.5 Å². The number of rotatable bonds is 7. The monoisotopic (exact) mass is 426 g/mol. The molecule has 5 heteroatoms. The van der Waals surface area contributed by atoms with Gasteiger partial charge in [0.15, 0.2) is 0 Å². The van der Waals surface area contributed by atoms with Crippen LogP contribution in [0.15, 0.2) is 91.0 Å². The van der Waals surface area contributed by atoms with E-state index in [4.69, 9.17) is 14.6 Å². The first-order valence-corrected chi connectivity index (χ1v) is 10.1. The first-order valence-electron chi connectivity index (χ1n) is 10.1. The third-order valence-electron chi connectivity index (χ3n) is 4.95. The van der Waals surface area contributed by atoms with Gasteiger partial charge in [0.1, 0.15) is 35.2 Å². The molecule has 0 bridgehead atoms. The molecule has 5 nitrogen and oxygen atoms in total. The predicted molar refractivity (Wildman–Crippen MR) is 123 cm³/mol. The Kier molecular flexibility index (Phi) is 6.08. The zero-order valence-corrected chi connectivity index (χ0v) is 17.5. The van der Waals surface area contributed by atoms with Gasteiger partial charge in [0.2, 0.25) is 0 Å². The van der Waals surface area contributed by atoms with Crippen LogP contribution in [0.3, 0.4) is 0 Å². The summed E-state index contributed by atoms with van der Waals surface area (Å²) in [6.07, 6.45) is 0. The number of carbonyl (C=O) groups is 1. The Balaban J connectivity index is 1.49. The van der Waals surface area contributed by atoms with E-state index in [-0.39, 0.29) is 17.9 Å². The van der Waals surface area contributed by atoms with Gasteiger partial charge in [-0.05, 0) is 72.1 Å². The predicted octanol–water partition coefficient (Wildman–Crippen LogP) is 6.44. The number of hydrogen-bond acceptors (Lipinski definition) is 4. The smallest absolute Gasteiger partial charge is 0.339 e. The topological polar surface area (TPSA) is 76.0 Å². The molecule has 4 aromatic carbocycles. The van der Waals surface area contributed by atoms with Crippen molar-refractivity contribution in [2.75, 3.05) is 0 Å². The molecule has 0 amide bonds. The van der Waals surface area contributed by atoms with Crippen LogP contribution < -0.4 is 9.47 Å². The van der Waals surface area contributed by atoms with Gasteiger partial charge in [0, 0.05) is 0 Å². The van der Waals surface area contributed by atoms with E-state index in [1.807, 2.05) is 79.7 Å². The van der Waals surface area contributed by atoms with E-state index in [1.54, 1.807) is 0 Å². The number of ether oxygens (including phenoxy) is 2. The van der Waals surface area contributed by atoms with Crippen molar-refractivity contribution in [1.82, 2.24) is 0 Å². The van der Waals surface area contributed by atoms with Crippen molar-refractivity contribution >= 4 is 5.97 Å². The van der Waals surface area contributed by atoms with Gasteiger partial charge in [0.05, 0.1) is 0 Å². The Hall–Kier alpha value is -4.25. The molecule has 0 saturated carbocycles. The number of hydrogen-bond donors (Lipinski definition) is 2. The first-order chi connectivity index (χ1) is 15.5. The molecule has 0 heterocycles. The first kappa shape index (κ1) is 21.0. The second-order valence-corrected chi connectivity index (χ2v) is 7.42. The van der Waals surface area contributed by atoms with Gasteiger partial charge in [-0.25, -0.2) is 4.79 Å². The maximum absolute atomic E-state index is 11.2. The van der Waals surface area contributed by atoms with Crippen molar-refractivity contribution < 1.29 is 24.5 Å². The molecule has 0 radical (unpaired) electrons. The Bertz CT molecular complexity index is 1250. The molecule has 0 aliphatic carbocycles. The molecule has 0 unspecified atom stereocenters. The molecule has 0 spiro atoms. The lowest BCUT2D eigenvalue weighted by atomic mass is 10.0. The minimum absolute atomic E-state index is 0.193. The molecule has 0 aromatic heterocycles. The SMILES string of the molecule is Cc1ccc(Oc2cccc(-c3cccc(COc4ccc(O)c(C(=O)O)c4)c3)c2)cc1. The maximum atomic E-state index is 11.2. The Morgan fingerprint density at radius 1 is 0.781 bits per heavy atom. The van der Waals surface area contributed by atoms with Gasteiger partial charge in [-0.3, -0.25) is 0 Å². The number of carboxylic acid groups (broad SMARTS) is 1. The van der Waals surface area contributed by atoms with Crippen LogP contribution in [0.4, 0.5) is 0 Å². The Morgan fingerprint density at radius 2 is 1.47 bits per heavy atom. The van der Waals surface area contributed by atoms with E-state index >= 15 is 0 Å². The van der Waals surface area contributed by atoms with Crippen LogP contribution in [0.2, 0.25) is 0 Å². The van der Waals surface area contributed by atoms with Crippen LogP contribution in [0, 0.1) is 6.92 Å². The minimum atomic E-state index is -1.21. The maximum Gasteiger partial charge on any atom is 0.339 e. The molecule has 0 fully saturated rings. The summed E-state index contributed by atoms with van der Waals surface area (Å²) in [5, 5.41) is 18.8. The summed E-state index contributed by atoms with van der Waals surface area (Å²) in [6.45, 7) is 2.30. The van der Waals surface area contributed by atoms with Crippen LogP contribution in [-0.4, -0.2) is 16.2 Å². The van der Waals surface area contributed by atoms with E-state index in [0.717, 1.165) is 28.2 Å².